The van der Waals surface area contributed by atoms with Crippen LogP contribution < -0.4 is 5.01 Å². The third-order valence-electron chi connectivity index (χ3n) is 3.89. The molecule has 0 saturated heterocycles. The van der Waals surface area contributed by atoms with Crippen LogP contribution in [-0.4, -0.2) is 6.21 Å². The highest BCUT2D eigenvalue weighted by Gasteiger charge is 2.33. The second kappa shape index (κ2) is 6.61. The van der Waals surface area contributed by atoms with Crippen molar-refractivity contribution in [1.82, 2.24) is 0 Å². The molecule has 0 unspecified atom stereocenters. The minimum atomic E-state index is 0.150. The molecule has 1 heterocycles. The Morgan fingerprint density at radius 3 is 2.50 bits per heavy atom. The average Bonchev–Trinajstić information content (AvgIpc) is 2.92. The quantitative estimate of drug-likeness (QED) is 0.590. The monoisotopic (exact) mass is 396 g/mol. The molecule has 2 aromatic rings. The number of anilines is 1. The van der Waals surface area contributed by atoms with Crippen molar-refractivity contribution >= 4 is 51.0 Å². The Morgan fingerprint density at radius 2 is 1.86 bits per heavy atom. The van der Waals surface area contributed by atoms with E-state index in [2.05, 4.69) is 52.2 Å². The van der Waals surface area contributed by atoms with Gasteiger partial charge in [-0.2, -0.15) is 5.10 Å². The van der Waals surface area contributed by atoms with E-state index in [1.54, 1.807) is 6.07 Å². The molecule has 5 heteroatoms. The molecule has 3 rings (SSSR count). The zero-order chi connectivity index (χ0) is 15.7. The highest BCUT2D eigenvalue weighted by molar-refractivity contribution is 9.10. The summed E-state index contributed by atoms with van der Waals surface area (Å²) in [7, 11) is 0. The van der Waals surface area contributed by atoms with Crippen molar-refractivity contribution in [1.29, 1.82) is 0 Å². The Morgan fingerprint density at radius 1 is 1.14 bits per heavy atom. The molecule has 2 aromatic carbocycles. The van der Waals surface area contributed by atoms with Crippen LogP contribution in [0.15, 0.2) is 52.0 Å². The molecule has 0 spiro atoms. The molecule has 22 heavy (non-hydrogen) atoms. The van der Waals surface area contributed by atoms with Gasteiger partial charge in [0.1, 0.15) is 0 Å². The van der Waals surface area contributed by atoms with Crippen molar-refractivity contribution in [2.24, 2.45) is 11.0 Å². The van der Waals surface area contributed by atoms with Crippen LogP contribution in [0.5, 0.6) is 0 Å². The minimum Gasteiger partial charge on any atom is -0.256 e. The molecule has 0 bridgehead atoms. The number of hydrazone groups is 1. The van der Waals surface area contributed by atoms with Crippen molar-refractivity contribution in [3.8, 4) is 0 Å². The van der Waals surface area contributed by atoms with Gasteiger partial charge < -0.3 is 0 Å². The van der Waals surface area contributed by atoms with Crippen molar-refractivity contribution < 1.29 is 0 Å². The van der Waals surface area contributed by atoms with Gasteiger partial charge in [-0.1, -0.05) is 58.2 Å². The van der Waals surface area contributed by atoms with Crippen LogP contribution in [0.3, 0.4) is 0 Å². The van der Waals surface area contributed by atoms with Crippen LogP contribution >= 0.6 is 39.1 Å². The number of halogens is 3. The van der Waals surface area contributed by atoms with E-state index in [0.717, 1.165) is 16.6 Å². The maximum Gasteiger partial charge on any atom is 0.0854 e. The molecular formula is C17H15BrCl2N2. The predicted molar refractivity (Wildman–Crippen MR) is 98.1 cm³/mol. The molecule has 0 amide bonds. The summed E-state index contributed by atoms with van der Waals surface area (Å²) < 4.78 is 1.07. The van der Waals surface area contributed by atoms with E-state index in [-0.39, 0.29) is 6.04 Å². The average molecular weight is 398 g/mol. The lowest BCUT2D eigenvalue weighted by molar-refractivity contribution is 0.541. The summed E-state index contributed by atoms with van der Waals surface area (Å²) in [5.41, 5.74) is 2.10. The molecule has 0 aliphatic carbocycles. The first kappa shape index (κ1) is 15.9. The maximum atomic E-state index is 6.37. The first-order valence-corrected chi connectivity index (χ1v) is 8.69. The van der Waals surface area contributed by atoms with Crippen molar-refractivity contribution in [3.63, 3.8) is 0 Å². The fraction of sp³-hybridized carbons (Fsp3) is 0.235. The third kappa shape index (κ3) is 3.03. The smallest absolute Gasteiger partial charge is 0.0854 e. The second-order valence-corrected chi connectivity index (χ2v) is 7.03. The normalized spacial score (nSPS) is 20.6. The van der Waals surface area contributed by atoms with E-state index in [1.807, 2.05) is 23.4 Å². The van der Waals surface area contributed by atoms with E-state index in [9.17, 15) is 0 Å². The van der Waals surface area contributed by atoms with Crippen LogP contribution in [0, 0.1) is 5.92 Å². The van der Waals surface area contributed by atoms with Crippen LogP contribution in [-0.2, 0) is 0 Å². The summed E-state index contributed by atoms with van der Waals surface area (Å²) in [4.78, 5) is 0. The van der Waals surface area contributed by atoms with Crippen LogP contribution in [0.2, 0.25) is 10.0 Å². The zero-order valence-corrected chi connectivity index (χ0v) is 15.1. The van der Waals surface area contributed by atoms with Gasteiger partial charge in [0, 0.05) is 21.6 Å². The lowest BCUT2D eigenvalue weighted by Crippen LogP contribution is -2.24. The summed E-state index contributed by atoms with van der Waals surface area (Å²) in [6.07, 6.45) is 3.03. The molecule has 2 nitrogen and oxygen atoms in total. The van der Waals surface area contributed by atoms with Gasteiger partial charge in [-0.25, -0.2) is 0 Å². The Bertz CT molecular complexity index is 700. The van der Waals surface area contributed by atoms with Gasteiger partial charge in [0.2, 0.25) is 0 Å². The lowest BCUT2D eigenvalue weighted by atomic mass is 9.92. The largest absolute Gasteiger partial charge is 0.256 e. The lowest BCUT2D eigenvalue weighted by Gasteiger charge is -2.28. The van der Waals surface area contributed by atoms with E-state index >= 15 is 0 Å². The van der Waals surface area contributed by atoms with Crippen molar-refractivity contribution in [2.45, 2.75) is 19.4 Å². The maximum absolute atomic E-state index is 6.37. The number of rotatable bonds is 3. The molecule has 114 valence electrons. The van der Waals surface area contributed by atoms with Gasteiger partial charge in [-0.05, 0) is 42.3 Å². The molecule has 2 atom stereocenters. The minimum absolute atomic E-state index is 0.150. The molecule has 0 N–H and O–H groups in total. The fourth-order valence-electron chi connectivity index (χ4n) is 2.75. The van der Waals surface area contributed by atoms with Crippen molar-refractivity contribution in [2.75, 3.05) is 5.01 Å². The fourth-order valence-corrected chi connectivity index (χ4v) is 3.51. The zero-order valence-electron chi connectivity index (χ0n) is 12.0. The van der Waals surface area contributed by atoms with E-state index in [4.69, 9.17) is 23.2 Å². The SMILES string of the molecule is CC[C@@H]1C=NN(c2ccc(Cl)cc2Cl)[C@H]1c1ccc(Br)cc1. The molecular weight excluding hydrogens is 383 g/mol. The van der Waals surface area contributed by atoms with Gasteiger partial charge in [0.15, 0.2) is 0 Å². The van der Waals surface area contributed by atoms with Gasteiger partial charge in [-0.3, -0.25) is 5.01 Å². The number of nitrogens with zero attached hydrogens (tertiary/aromatic N) is 2. The van der Waals surface area contributed by atoms with Gasteiger partial charge in [-0.15, -0.1) is 0 Å². The van der Waals surface area contributed by atoms with Gasteiger partial charge in [0.05, 0.1) is 16.8 Å². The number of hydrogen-bond donors (Lipinski definition) is 0. The summed E-state index contributed by atoms with van der Waals surface area (Å²) in [5, 5.41) is 7.84. The molecule has 0 saturated carbocycles. The van der Waals surface area contributed by atoms with E-state index < -0.39 is 0 Å². The third-order valence-corrected chi connectivity index (χ3v) is 4.96. The standard InChI is InChI=1S/C17H15BrCl2N2/c1-2-11-10-21-22(16-8-7-14(19)9-15(16)20)17(11)12-3-5-13(18)6-4-12/h3-11,17H,2H2,1H3/t11-,17-/m1/s1. The summed E-state index contributed by atoms with van der Waals surface area (Å²) in [5.74, 6) is 0.355. The van der Waals surface area contributed by atoms with Crippen molar-refractivity contribution in [3.05, 3.63) is 62.5 Å². The van der Waals surface area contributed by atoms with Gasteiger partial charge >= 0.3 is 0 Å². The van der Waals surface area contributed by atoms with Crippen LogP contribution in [0.1, 0.15) is 24.9 Å². The van der Waals surface area contributed by atoms with E-state index in [1.165, 1.54) is 5.56 Å². The van der Waals surface area contributed by atoms with Crippen LogP contribution in [0.4, 0.5) is 5.69 Å². The van der Waals surface area contributed by atoms with E-state index in [0.29, 0.717) is 16.0 Å². The first-order chi connectivity index (χ1) is 10.6. The Balaban J connectivity index is 2.02. The molecule has 0 aromatic heterocycles. The van der Waals surface area contributed by atoms with Gasteiger partial charge in [0.25, 0.3) is 0 Å². The number of hydrogen-bond acceptors (Lipinski definition) is 2. The number of benzene rings is 2. The summed E-state index contributed by atoms with van der Waals surface area (Å²) >= 11 is 15.9. The Labute approximate surface area is 148 Å². The Hall–Kier alpha value is -1.03. The molecule has 0 radical (unpaired) electrons. The highest BCUT2D eigenvalue weighted by Crippen LogP contribution is 2.41. The second-order valence-electron chi connectivity index (χ2n) is 5.27. The molecule has 0 fully saturated rings. The molecule has 1 aliphatic heterocycles. The highest BCUT2D eigenvalue weighted by atomic mass is 79.9. The Kier molecular flexibility index (Phi) is 4.76. The predicted octanol–water partition coefficient (Wildman–Crippen LogP) is 6.33. The summed E-state index contributed by atoms with van der Waals surface area (Å²) in [6.45, 7) is 2.18. The van der Waals surface area contributed by atoms with Crippen LogP contribution in [0.25, 0.3) is 0 Å². The first-order valence-electron chi connectivity index (χ1n) is 7.14. The summed E-state index contributed by atoms with van der Waals surface area (Å²) in [6, 6.07) is 14.0. The molecule has 1 aliphatic rings. The topological polar surface area (TPSA) is 15.6 Å².